The molecule has 92 valence electrons. The second-order valence-corrected chi connectivity index (χ2v) is 5.32. The molecule has 0 aromatic heterocycles. The molecule has 1 heterocycles. The minimum Gasteiger partial charge on any atom is -0.354 e. The van der Waals surface area contributed by atoms with Gasteiger partial charge in [-0.2, -0.15) is 0 Å². The van der Waals surface area contributed by atoms with Gasteiger partial charge in [0.1, 0.15) is 0 Å². The van der Waals surface area contributed by atoms with Crippen LogP contribution in [0.2, 0.25) is 0 Å². The maximum absolute atomic E-state index is 11.9. The lowest BCUT2D eigenvalue weighted by Crippen LogP contribution is -2.43. The number of hydrogen-bond acceptors (Lipinski definition) is 3. The largest absolute Gasteiger partial charge is 0.354 e. The molecule has 1 amide bonds. The molecule has 0 bridgehead atoms. The highest BCUT2D eigenvalue weighted by Gasteiger charge is 2.29. The number of nitrogens with one attached hydrogen (secondary N) is 1. The predicted molar refractivity (Wildman–Crippen MR) is 63.9 cm³/mol. The second kappa shape index (κ2) is 5.15. The number of hydrogen-bond donors (Lipinski definition) is 2. The van der Waals surface area contributed by atoms with E-state index in [1.807, 2.05) is 0 Å². The molecule has 4 heteroatoms. The Morgan fingerprint density at radius 1 is 1.38 bits per heavy atom. The Balaban J connectivity index is 1.66. The second-order valence-electron chi connectivity index (χ2n) is 5.32. The summed E-state index contributed by atoms with van der Waals surface area (Å²) in [6.45, 7) is 2.73. The molecule has 1 unspecified atom stereocenters. The zero-order valence-corrected chi connectivity index (χ0v) is 10.1. The Morgan fingerprint density at radius 2 is 2.00 bits per heavy atom. The van der Waals surface area contributed by atoms with Gasteiger partial charge in [0.2, 0.25) is 5.91 Å². The van der Waals surface area contributed by atoms with E-state index in [0.717, 1.165) is 25.9 Å². The quantitative estimate of drug-likeness (QED) is 0.717. The van der Waals surface area contributed by atoms with E-state index in [2.05, 4.69) is 17.3 Å². The normalized spacial score (nSPS) is 25.4. The number of nitrogens with zero attached hydrogens (tertiary/aromatic N) is 1. The Bertz CT molecular complexity index is 245. The van der Waals surface area contributed by atoms with Crippen molar-refractivity contribution < 1.29 is 4.79 Å². The van der Waals surface area contributed by atoms with Gasteiger partial charge in [0.25, 0.3) is 0 Å². The van der Waals surface area contributed by atoms with Gasteiger partial charge in [-0.1, -0.05) is 0 Å². The highest BCUT2D eigenvalue weighted by atomic mass is 16.1. The molecule has 2 aliphatic rings. The highest BCUT2D eigenvalue weighted by Crippen LogP contribution is 2.31. The first-order valence-electron chi connectivity index (χ1n) is 6.38. The molecule has 0 aromatic rings. The van der Waals surface area contributed by atoms with E-state index in [1.54, 1.807) is 0 Å². The number of piperidine rings is 1. The van der Waals surface area contributed by atoms with Crippen molar-refractivity contribution in [2.75, 3.05) is 26.7 Å². The van der Waals surface area contributed by atoms with Crippen LogP contribution in [0.1, 0.15) is 25.7 Å². The van der Waals surface area contributed by atoms with Crippen molar-refractivity contribution in [2.24, 2.45) is 17.6 Å². The molecule has 2 fully saturated rings. The van der Waals surface area contributed by atoms with Crippen LogP contribution in [-0.4, -0.2) is 43.5 Å². The first kappa shape index (κ1) is 11.9. The third-order valence-electron chi connectivity index (χ3n) is 3.83. The van der Waals surface area contributed by atoms with Crippen LogP contribution >= 0.6 is 0 Å². The van der Waals surface area contributed by atoms with Gasteiger partial charge in [0.05, 0.1) is 0 Å². The monoisotopic (exact) mass is 225 g/mol. The van der Waals surface area contributed by atoms with Crippen LogP contribution in [0.5, 0.6) is 0 Å². The van der Waals surface area contributed by atoms with Crippen LogP contribution in [0.15, 0.2) is 0 Å². The zero-order chi connectivity index (χ0) is 11.5. The molecule has 1 atom stereocenters. The summed E-state index contributed by atoms with van der Waals surface area (Å²) >= 11 is 0. The van der Waals surface area contributed by atoms with Crippen LogP contribution in [0.25, 0.3) is 0 Å². The smallest absolute Gasteiger partial charge is 0.223 e. The molecule has 1 aliphatic carbocycles. The lowest BCUT2D eigenvalue weighted by atomic mass is 9.96. The van der Waals surface area contributed by atoms with E-state index in [4.69, 9.17) is 5.73 Å². The van der Waals surface area contributed by atoms with Gasteiger partial charge in [0, 0.05) is 18.5 Å². The van der Waals surface area contributed by atoms with E-state index >= 15 is 0 Å². The van der Waals surface area contributed by atoms with E-state index in [1.165, 1.54) is 12.8 Å². The molecule has 1 aliphatic heterocycles. The van der Waals surface area contributed by atoms with E-state index in [9.17, 15) is 4.79 Å². The Morgan fingerprint density at radius 3 is 2.56 bits per heavy atom. The standard InChI is InChI=1S/C12H23N3O/c1-15-6-4-10(5-7-15)12(16)14-8-11(13)9-2-3-9/h9-11H,2-8,13H2,1H3,(H,14,16). The third-order valence-corrected chi connectivity index (χ3v) is 3.83. The lowest BCUT2D eigenvalue weighted by Gasteiger charge is -2.28. The van der Waals surface area contributed by atoms with Gasteiger partial charge in [-0.3, -0.25) is 4.79 Å². The van der Waals surface area contributed by atoms with Crippen molar-refractivity contribution in [3.63, 3.8) is 0 Å². The summed E-state index contributed by atoms with van der Waals surface area (Å²) in [5, 5.41) is 3.01. The predicted octanol–water partition coefficient (Wildman–Crippen LogP) is 0.182. The number of likely N-dealkylation sites (tertiary alicyclic amines) is 1. The average molecular weight is 225 g/mol. The van der Waals surface area contributed by atoms with Crippen LogP contribution in [0.4, 0.5) is 0 Å². The fraction of sp³-hybridized carbons (Fsp3) is 0.917. The van der Waals surface area contributed by atoms with Crippen LogP contribution in [0.3, 0.4) is 0 Å². The summed E-state index contributed by atoms with van der Waals surface area (Å²) in [6, 6.07) is 0.176. The van der Waals surface area contributed by atoms with Crippen molar-refractivity contribution in [1.82, 2.24) is 10.2 Å². The van der Waals surface area contributed by atoms with E-state index < -0.39 is 0 Å². The zero-order valence-electron chi connectivity index (χ0n) is 10.1. The van der Waals surface area contributed by atoms with E-state index in [-0.39, 0.29) is 17.9 Å². The fourth-order valence-electron chi connectivity index (χ4n) is 2.32. The molecule has 1 saturated heterocycles. The molecular weight excluding hydrogens is 202 g/mol. The number of amides is 1. The van der Waals surface area contributed by atoms with E-state index in [0.29, 0.717) is 12.5 Å². The fourth-order valence-corrected chi connectivity index (χ4v) is 2.32. The maximum atomic E-state index is 11.9. The van der Waals surface area contributed by atoms with Gasteiger partial charge in [-0.15, -0.1) is 0 Å². The molecule has 0 spiro atoms. The average Bonchev–Trinajstić information content (AvgIpc) is 3.10. The molecule has 0 aromatic carbocycles. The molecule has 0 radical (unpaired) electrons. The number of rotatable bonds is 4. The molecule has 3 N–H and O–H groups in total. The number of nitrogens with two attached hydrogens (primary N) is 1. The molecular formula is C12H23N3O. The Kier molecular flexibility index (Phi) is 3.82. The highest BCUT2D eigenvalue weighted by molar-refractivity contribution is 5.78. The van der Waals surface area contributed by atoms with Gasteiger partial charge in [-0.05, 0) is 51.7 Å². The van der Waals surface area contributed by atoms with Crippen molar-refractivity contribution in [3.8, 4) is 0 Å². The maximum Gasteiger partial charge on any atom is 0.223 e. The van der Waals surface area contributed by atoms with Gasteiger partial charge in [-0.25, -0.2) is 0 Å². The van der Waals surface area contributed by atoms with Crippen molar-refractivity contribution in [1.29, 1.82) is 0 Å². The summed E-state index contributed by atoms with van der Waals surface area (Å²) in [4.78, 5) is 14.1. The first-order valence-corrected chi connectivity index (χ1v) is 6.38. The van der Waals surface area contributed by atoms with Gasteiger partial charge >= 0.3 is 0 Å². The van der Waals surface area contributed by atoms with Gasteiger partial charge < -0.3 is 16.0 Å². The van der Waals surface area contributed by atoms with Crippen LogP contribution < -0.4 is 11.1 Å². The topological polar surface area (TPSA) is 58.4 Å². The van der Waals surface area contributed by atoms with Crippen LogP contribution in [-0.2, 0) is 4.79 Å². The van der Waals surface area contributed by atoms with Crippen LogP contribution in [0, 0.1) is 11.8 Å². The van der Waals surface area contributed by atoms with Crippen molar-refractivity contribution in [3.05, 3.63) is 0 Å². The summed E-state index contributed by atoms with van der Waals surface area (Å²) < 4.78 is 0. The minimum absolute atomic E-state index is 0.176. The first-order chi connectivity index (χ1) is 7.66. The molecule has 4 nitrogen and oxygen atoms in total. The number of carbonyl (C=O) groups excluding carboxylic acids is 1. The SMILES string of the molecule is CN1CCC(C(=O)NCC(N)C2CC2)CC1. The van der Waals surface area contributed by atoms with Crippen molar-refractivity contribution in [2.45, 2.75) is 31.7 Å². The van der Waals surface area contributed by atoms with Crippen molar-refractivity contribution >= 4 is 5.91 Å². The summed E-state index contributed by atoms with van der Waals surface area (Å²) in [6.07, 6.45) is 4.46. The third kappa shape index (κ3) is 3.19. The summed E-state index contributed by atoms with van der Waals surface area (Å²) in [5.41, 5.74) is 5.96. The Hall–Kier alpha value is -0.610. The summed E-state index contributed by atoms with van der Waals surface area (Å²) in [7, 11) is 2.11. The molecule has 2 rings (SSSR count). The Labute approximate surface area is 97.6 Å². The van der Waals surface area contributed by atoms with Gasteiger partial charge in [0.15, 0.2) is 0 Å². The summed E-state index contributed by atoms with van der Waals surface area (Å²) in [5.74, 6) is 1.09. The number of carbonyl (C=O) groups is 1. The molecule has 16 heavy (non-hydrogen) atoms. The minimum atomic E-state index is 0.176. The molecule has 1 saturated carbocycles. The lowest BCUT2D eigenvalue weighted by molar-refractivity contribution is -0.126.